The monoisotopic (exact) mass is 514 g/mol. The minimum atomic E-state index is -4.72. The third-order valence-electron chi connectivity index (χ3n) is 4.09. The van der Waals surface area contributed by atoms with E-state index in [1.807, 2.05) is 31.2 Å². The van der Waals surface area contributed by atoms with E-state index in [1.165, 1.54) is 23.9 Å². The van der Waals surface area contributed by atoms with Gasteiger partial charge in [-0.1, -0.05) is 29.5 Å². The van der Waals surface area contributed by atoms with E-state index < -0.39 is 32.9 Å². The molecule has 0 saturated carbocycles. The van der Waals surface area contributed by atoms with Gasteiger partial charge < -0.3 is 5.32 Å². The highest BCUT2D eigenvalue weighted by Crippen LogP contribution is 2.37. The molecule has 0 saturated heterocycles. The molecule has 7 nitrogen and oxygen atoms in total. The van der Waals surface area contributed by atoms with E-state index in [0.29, 0.717) is 9.58 Å². The lowest BCUT2D eigenvalue weighted by molar-refractivity contribution is -0.385. The molecule has 0 atom stereocenters. The summed E-state index contributed by atoms with van der Waals surface area (Å²) >= 11 is 4.02. The van der Waals surface area contributed by atoms with Crippen molar-refractivity contribution in [1.29, 1.82) is 0 Å². The fraction of sp³-hybridized carbons (Fsp3) is 0.158. The SMILES string of the molecule is Cc1ccc(Sc2cc(NC(=O)c3nn(C)c(C(F)(F)F)c3Br)cc([N+](=O)[O-])c2)cc1. The fourth-order valence-electron chi connectivity index (χ4n) is 2.70. The van der Waals surface area contributed by atoms with Crippen LogP contribution in [-0.2, 0) is 13.2 Å². The number of amides is 1. The molecule has 162 valence electrons. The van der Waals surface area contributed by atoms with Gasteiger partial charge in [0.2, 0.25) is 0 Å². The molecule has 12 heteroatoms. The van der Waals surface area contributed by atoms with Crippen molar-refractivity contribution in [3.63, 3.8) is 0 Å². The van der Waals surface area contributed by atoms with E-state index in [4.69, 9.17) is 0 Å². The number of carbonyl (C=O) groups excluding carboxylic acids is 1. The molecule has 0 fully saturated rings. The Labute approximate surface area is 186 Å². The van der Waals surface area contributed by atoms with Crippen LogP contribution in [-0.4, -0.2) is 20.6 Å². The molecule has 3 rings (SSSR count). The number of hydrogen-bond acceptors (Lipinski definition) is 5. The normalized spacial score (nSPS) is 11.4. The smallest absolute Gasteiger partial charge is 0.320 e. The number of rotatable bonds is 5. The molecule has 0 bridgehead atoms. The zero-order valence-electron chi connectivity index (χ0n) is 16.0. The topological polar surface area (TPSA) is 90.1 Å². The number of nitro groups is 1. The average Bonchev–Trinajstić information content (AvgIpc) is 2.98. The molecule has 1 amide bonds. The van der Waals surface area contributed by atoms with Crippen molar-refractivity contribution in [1.82, 2.24) is 9.78 Å². The first-order chi connectivity index (χ1) is 14.5. The second-order valence-corrected chi connectivity index (χ2v) is 8.41. The molecular formula is C19H14BrF3N4O3S. The summed E-state index contributed by atoms with van der Waals surface area (Å²) in [4.78, 5) is 24.5. The molecule has 0 aliphatic heterocycles. The number of benzene rings is 2. The van der Waals surface area contributed by atoms with Crippen LogP contribution in [0.15, 0.2) is 56.7 Å². The first-order valence-corrected chi connectivity index (χ1v) is 10.2. The van der Waals surface area contributed by atoms with Crippen LogP contribution >= 0.6 is 27.7 Å². The van der Waals surface area contributed by atoms with Crippen molar-refractivity contribution in [3.05, 3.63) is 74.0 Å². The first kappa shape index (κ1) is 22.8. The number of aromatic nitrogens is 2. The van der Waals surface area contributed by atoms with Crippen molar-refractivity contribution in [3.8, 4) is 0 Å². The number of carbonyl (C=O) groups is 1. The van der Waals surface area contributed by atoms with Crippen LogP contribution < -0.4 is 5.32 Å². The van der Waals surface area contributed by atoms with Crippen molar-refractivity contribution < 1.29 is 22.9 Å². The van der Waals surface area contributed by atoms with Gasteiger partial charge in [-0.05, 0) is 41.1 Å². The summed E-state index contributed by atoms with van der Waals surface area (Å²) in [6.07, 6.45) is -4.72. The Balaban J connectivity index is 1.92. The number of hydrogen-bond donors (Lipinski definition) is 1. The van der Waals surface area contributed by atoms with Crippen LogP contribution in [0.1, 0.15) is 21.7 Å². The molecule has 1 N–H and O–H groups in total. The summed E-state index contributed by atoms with van der Waals surface area (Å²) < 4.78 is 39.5. The van der Waals surface area contributed by atoms with Gasteiger partial charge in [-0.3, -0.25) is 19.6 Å². The highest BCUT2D eigenvalue weighted by atomic mass is 79.9. The molecule has 3 aromatic rings. The number of nitrogens with zero attached hydrogens (tertiary/aromatic N) is 3. The lowest BCUT2D eigenvalue weighted by atomic mass is 10.2. The Morgan fingerprint density at radius 1 is 1.19 bits per heavy atom. The maximum absolute atomic E-state index is 13.1. The second-order valence-electron chi connectivity index (χ2n) is 6.47. The summed E-state index contributed by atoms with van der Waals surface area (Å²) in [5, 5.41) is 17.3. The van der Waals surface area contributed by atoms with Crippen molar-refractivity contribution in [2.75, 3.05) is 5.32 Å². The third-order valence-corrected chi connectivity index (χ3v) is 5.82. The largest absolute Gasteiger partial charge is 0.434 e. The summed E-state index contributed by atoms with van der Waals surface area (Å²) in [7, 11) is 1.06. The van der Waals surface area contributed by atoms with Gasteiger partial charge in [0.15, 0.2) is 11.4 Å². The molecule has 0 radical (unpaired) electrons. The summed E-state index contributed by atoms with van der Waals surface area (Å²) in [5.74, 6) is -0.940. The standard InChI is InChI=1S/C19H14BrF3N4O3S/c1-10-3-5-13(6-4-10)31-14-8-11(7-12(9-14)27(29)30)24-18(28)16-15(20)17(19(21,22)23)26(2)25-16/h3-9H,1-2H3,(H,24,28). The Bertz CT molecular complexity index is 1160. The molecule has 0 aliphatic rings. The average molecular weight is 515 g/mol. The Morgan fingerprint density at radius 2 is 1.84 bits per heavy atom. The van der Waals surface area contributed by atoms with E-state index in [9.17, 15) is 28.1 Å². The summed E-state index contributed by atoms with van der Waals surface area (Å²) in [6, 6.07) is 11.4. The maximum Gasteiger partial charge on any atom is 0.434 e. The van der Waals surface area contributed by atoms with Crippen molar-refractivity contribution in [2.45, 2.75) is 22.9 Å². The molecule has 31 heavy (non-hydrogen) atoms. The number of non-ortho nitro benzene ring substituents is 1. The minimum Gasteiger partial charge on any atom is -0.320 e. The van der Waals surface area contributed by atoms with Crippen LogP contribution in [0.25, 0.3) is 0 Å². The van der Waals surface area contributed by atoms with E-state index in [-0.39, 0.29) is 11.4 Å². The predicted molar refractivity (Wildman–Crippen MR) is 112 cm³/mol. The fourth-order valence-corrected chi connectivity index (χ4v) is 4.35. The van der Waals surface area contributed by atoms with Gasteiger partial charge in [0.1, 0.15) is 0 Å². The Morgan fingerprint density at radius 3 is 2.39 bits per heavy atom. The van der Waals surface area contributed by atoms with Gasteiger partial charge in [0.05, 0.1) is 9.40 Å². The second kappa shape index (κ2) is 8.71. The number of nitrogens with one attached hydrogen (secondary N) is 1. The molecular weight excluding hydrogens is 501 g/mol. The lowest BCUT2D eigenvalue weighted by Crippen LogP contribution is -2.14. The van der Waals surface area contributed by atoms with Crippen molar-refractivity contribution in [2.24, 2.45) is 7.05 Å². The van der Waals surface area contributed by atoms with Crippen LogP contribution in [0.5, 0.6) is 0 Å². The third kappa shape index (κ3) is 5.25. The molecule has 2 aromatic carbocycles. The quantitative estimate of drug-likeness (QED) is 0.342. The Kier molecular flexibility index (Phi) is 6.41. The molecule has 0 unspecified atom stereocenters. The van der Waals surface area contributed by atoms with E-state index >= 15 is 0 Å². The van der Waals surface area contributed by atoms with Crippen LogP contribution in [0.4, 0.5) is 24.5 Å². The summed E-state index contributed by atoms with van der Waals surface area (Å²) in [5.41, 5.74) is -0.778. The van der Waals surface area contributed by atoms with Crippen LogP contribution in [0, 0.1) is 17.0 Å². The van der Waals surface area contributed by atoms with Gasteiger partial charge in [-0.15, -0.1) is 0 Å². The molecule has 0 aliphatic carbocycles. The van der Waals surface area contributed by atoms with Crippen molar-refractivity contribution >= 4 is 45.0 Å². The minimum absolute atomic E-state index is 0.0555. The number of nitro benzene ring substituents is 1. The predicted octanol–water partition coefficient (Wildman–Crippen LogP) is 5.82. The van der Waals surface area contributed by atoms with Crippen LogP contribution in [0.3, 0.4) is 0 Å². The van der Waals surface area contributed by atoms with Gasteiger partial charge in [0, 0.05) is 34.7 Å². The van der Waals surface area contributed by atoms with Crippen LogP contribution in [0.2, 0.25) is 0 Å². The lowest BCUT2D eigenvalue weighted by Gasteiger charge is -2.08. The molecule has 0 spiro atoms. The first-order valence-electron chi connectivity index (χ1n) is 8.60. The highest BCUT2D eigenvalue weighted by Gasteiger charge is 2.39. The number of anilines is 1. The number of alkyl halides is 3. The zero-order chi connectivity index (χ0) is 22.9. The molecule has 1 heterocycles. The summed E-state index contributed by atoms with van der Waals surface area (Å²) in [6.45, 7) is 1.93. The van der Waals surface area contributed by atoms with E-state index in [0.717, 1.165) is 23.6 Å². The number of halogens is 4. The van der Waals surface area contributed by atoms with E-state index in [2.05, 4.69) is 26.3 Å². The van der Waals surface area contributed by atoms with Gasteiger partial charge in [-0.25, -0.2) is 0 Å². The van der Waals surface area contributed by atoms with Gasteiger partial charge >= 0.3 is 6.18 Å². The highest BCUT2D eigenvalue weighted by molar-refractivity contribution is 9.10. The van der Waals surface area contributed by atoms with Gasteiger partial charge in [0.25, 0.3) is 11.6 Å². The van der Waals surface area contributed by atoms with E-state index in [1.54, 1.807) is 0 Å². The molecule has 1 aromatic heterocycles. The maximum atomic E-state index is 13.1. The Hall–Kier alpha value is -2.86. The zero-order valence-corrected chi connectivity index (χ0v) is 18.4. The van der Waals surface area contributed by atoms with Gasteiger partial charge in [-0.2, -0.15) is 18.3 Å². The number of aryl methyl sites for hydroxylation is 2.